The van der Waals surface area contributed by atoms with Crippen LogP contribution in [0.4, 0.5) is 5.69 Å². The number of nitrogens with one attached hydrogen (secondary N) is 2. The van der Waals surface area contributed by atoms with Crippen molar-refractivity contribution in [2.75, 3.05) is 19.5 Å². The molecule has 1 heterocycles. The lowest BCUT2D eigenvalue weighted by atomic mass is 10.0. The van der Waals surface area contributed by atoms with Crippen LogP contribution >= 0.6 is 23.2 Å². The number of anilines is 1. The van der Waals surface area contributed by atoms with E-state index in [1.54, 1.807) is 68.0 Å². The highest BCUT2D eigenvalue weighted by Crippen LogP contribution is 2.36. The lowest BCUT2D eigenvalue weighted by Gasteiger charge is -2.20. The third-order valence-electron chi connectivity index (χ3n) is 6.09. The van der Waals surface area contributed by atoms with Crippen LogP contribution in [0.15, 0.2) is 73.1 Å². The van der Waals surface area contributed by atoms with Gasteiger partial charge >= 0.3 is 5.97 Å². The number of methoxy groups -OCH3 is 2. The number of phenolic OH excluding ortho intramolecular Hbond substituents is 2. The second-order valence-corrected chi connectivity index (χ2v) is 9.38. The lowest BCUT2D eigenvalue weighted by molar-refractivity contribution is -0.377. The number of para-hydroxylation sites is 1. The van der Waals surface area contributed by atoms with Crippen LogP contribution in [0.3, 0.4) is 0 Å². The zero-order valence-corrected chi connectivity index (χ0v) is 22.7. The van der Waals surface area contributed by atoms with Gasteiger partial charge in [0.15, 0.2) is 23.9 Å². The number of benzene rings is 3. The summed E-state index contributed by atoms with van der Waals surface area (Å²) in [5.74, 6) is 0.364. The van der Waals surface area contributed by atoms with E-state index in [2.05, 4.69) is 10.3 Å². The number of hydrogen-bond acceptors (Lipinski definition) is 7. The molecular formula is C29H27Cl2N2O6+. The molecule has 0 unspecified atom stereocenters. The standard InChI is InChI=1S/C29H26Cl2N2O6/c1-37-25-11-10-19(12-27(25)38-2)26(13-20-21(30)15-32-16-22(20)31)39-29(36)18-8-6-17(7-9-18)14-33-28-23(34)4-3-5-24(28)35/h3-12,15-16,26,33-35H,13-14H2,1-2H3/p+1/t26-/m0/s1. The average Bonchev–Trinajstić information content (AvgIpc) is 2.94. The van der Waals surface area contributed by atoms with Crippen LogP contribution in [-0.4, -0.2) is 30.4 Å². The molecule has 0 saturated carbocycles. The minimum absolute atomic E-state index is 0.0621. The van der Waals surface area contributed by atoms with Crippen molar-refractivity contribution < 1.29 is 34.2 Å². The number of pyridine rings is 1. The van der Waals surface area contributed by atoms with Crippen LogP contribution in [0.2, 0.25) is 10.0 Å². The number of hydrogen-bond donors (Lipinski definition) is 3. The van der Waals surface area contributed by atoms with Crippen molar-refractivity contribution in [3.63, 3.8) is 0 Å². The summed E-state index contributed by atoms with van der Waals surface area (Å²) >= 11 is 12.8. The monoisotopic (exact) mass is 569 g/mol. The third-order valence-corrected chi connectivity index (χ3v) is 6.77. The van der Waals surface area contributed by atoms with Crippen LogP contribution < -0.4 is 19.8 Å². The largest absolute Gasteiger partial charge is 0.506 e. The van der Waals surface area contributed by atoms with Gasteiger partial charge in [0.1, 0.15) is 33.3 Å². The number of carbonyl (C=O) groups is 1. The van der Waals surface area contributed by atoms with Crippen LogP contribution in [0.5, 0.6) is 23.0 Å². The molecule has 4 rings (SSSR count). The Balaban J connectivity index is 1.54. The first kappa shape index (κ1) is 27.9. The van der Waals surface area contributed by atoms with E-state index in [0.29, 0.717) is 44.8 Å². The van der Waals surface area contributed by atoms with Crippen LogP contribution in [0.25, 0.3) is 0 Å². The number of aromatic nitrogens is 1. The number of aromatic amines is 1. The molecule has 3 aromatic carbocycles. The first-order valence-electron chi connectivity index (χ1n) is 11.9. The molecule has 0 radical (unpaired) electrons. The van der Waals surface area contributed by atoms with Gasteiger partial charge in [-0.3, -0.25) is 0 Å². The normalized spacial score (nSPS) is 11.5. The predicted molar refractivity (Wildman–Crippen MR) is 148 cm³/mol. The van der Waals surface area contributed by atoms with E-state index in [-0.39, 0.29) is 23.6 Å². The molecular weight excluding hydrogens is 543 g/mol. The quantitative estimate of drug-likeness (QED) is 0.159. The van der Waals surface area contributed by atoms with Crippen molar-refractivity contribution >= 4 is 34.9 Å². The molecule has 0 amide bonds. The summed E-state index contributed by atoms with van der Waals surface area (Å²) in [7, 11) is 3.07. The van der Waals surface area contributed by atoms with Crippen LogP contribution in [-0.2, 0) is 17.7 Å². The fraction of sp³-hybridized carbons (Fsp3) is 0.172. The Labute approximate surface area is 235 Å². The van der Waals surface area contributed by atoms with Crippen molar-refractivity contribution in [3.05, 3.63) is 105 Å². The lowest BCUT2D eigenvalue weighted by Crippen LogP contribution is -2.16. The van der Waals surface area contributed by atoms with E-state index >= 15 is 0 Å². The number of H-pyrrole nitrogens is 1. The number of phenols is 2. The molecule has 0 aliphatic rings. The van der Waals surface area contributed by atoms with Gasteiger partial charge in [0, 0.05) is 18.5 Å². The van der Waals surface area contributed by atoms with Crippen LogP contribution in [0, 0.1) is 0 Å². The summed E-state index contributed by atoms with van der Waals surface area (Å²) in [5, 5.41) is 23.7. The number of rotatable bonds is 10. The van der Waals surface area contributed by atoms with E-state index in [4.69, 9.17) is 37.4 Å². The Hall–Kier alpha value is -4.14. The minimum Gasteiger partial charge on any atom is -0.506 e. The van der Waals surface area contributed by atoms with Crippen molar-refractivity contribution in [2.45, 2.75) is 19.1 Å². The number of ether oxygens (including phenoxy) is 3. The van der Waals surface area contributed by atoms with E-state index in [1.807, 2.05) is 0 Å². The maximum Gasteiger partial charge on any atom is 0.338 e. The Morgan fingerprint density at radius 3 is 2.18 bits per heavy atom. The zero-order chi connectivity index (χ0) is 27.9. The van der Waals surface area contributed by atoms with Crippen molar-refractivity contribution in [3.8, 4) is 23.0 Å². The first-order chi connectivity index (χ1) is 18.8. The molecule has 0 bridgehead atoms. The maximum absolute atomic E-state index is 13.2. The Kier molecular flexibility index (Phi) is 9.01. The van der Waals surface area contributed by atoms with E-state index < -0.39 is 12.1 Å². The molecule has 0 aliphatic carbocycles. The Morgan fingerprint density at radius 2 is 1.56 bits per heavy atom. The third kappa shape index (κ3) is 6.66. The van der Waals surface area contributed by atoms with Crippen LogP contribution in [0.1, 0.15) is 33.2 Å². The SMILES string of the molecule is COc1ccc([C@H](Cc2c(Cl)c[nH+]cc2Cl)OC(=O)c2ccc(CNc3c(O)cccc3O)cc2)cc1OC. The zero-order valence-electron chi connectivity index (χ0n) is 21.2. The molecule has 39 heavy (non-hydrogen) atoms. The highest BCUT2D eigenvalue weighted by Gasteiger charge is 2.24. The van der Waals surface area contributed by atoms with Crippen molar-refractivity contribution in [1.82, 2.24) is 0 Å². The number of halogens is 2. The molecule has 4 N–H and O–H groups in total. The highest BCUT2D eigenvalue weighted by atomic mass is 35.5. The number of aromatic hydroxyl groups is 2. The Bertz CT molecular complexity index is 1420. The fourth-order valence-corrected chi connectivity index (χ4v) is 4.53. The smallest absolute Gasteiger partial charge is 0.338 e. The topological polar surface area (TPSA) is 111 Å². The number of carbonyl (C=O) groups excluding carboxylic acids is 1. The molecule has 4 aromatic rings. The van der Waals surface area contributed by atoms with Gasteiger partial charge in [0.2, 0.25) is 0 Å². The molecule has 0 spiro atoms. The average molecular weight is 570 g/mol. The maximum atomic E-state index is 13.2. The van der Waals surface area contributed by atoms with E-state index in [9.17, 15) is 15.0 Å². The van der Waals surface area contributed by atoms with E-state index in [1.165, 1.54) is 19.2 Å². The second-order valence-electron chi connectivity index (χ2n) is 8.56. The van der Waals surface area contributed by atoms with Crippen molar-refractivity contribution in [2.24, 2.45) is 0 Å². The second kappa shape index (κ2) is 12.6. The van der Waals surface area contributed by atoms with Crippen molar-refractivity contribution in [1.29, 1.82) is 0 Å². The predicted octanol–water partition coefficient (Wildman–Crippen LogP) is 5.99. The number of esters is 1. The summed E-state index contributed by atoms with van der Waals surface area (Å²) < 4.78 is 16.7. The van der Waals surface area contributed by atoms with Gasteiger partial charge in [-0.15, -0.1) is 0 Å². The van der Waals surface area contributed by atoms with Gasteiger partial charge in [0.25, 0.3) is 0 Å². The van der Waals surface area contributed by atoms with Gasteiger partial charge in [-0.2, -0.15) is 0 Å². The summed E-state index contributed by atoms with van der Waals surface area (Å²) in [6.45, 7) is 0.316. The summed E-state index contributed by atoms with van der Waals surface area (Å²) in [4.78, 5) is 16.1. The molecule has 0 aliphatic heterocycles. The summed E-state index contributed by atoms with van der Waals surface area (Å²) in [6, 6.07) is 16.6. The molecule has 10 heteroatoms. The van der Waals surface area contributed by atoms with Gasteiger partial charge < -0.3 is 29.7 Å². The molecule has 1 aromatic heterocycles. The minimum atomic E-state index is -0.736. The molecule has 0 saturated heterocycles. The molecule has 0 fully saturated rings. The molecule has 1 atom stereocenters. The fourth-order valence-electron chi connectivity index (χ4n) is 3.99. The Morgan fingerprint density at radius 1 is 0.923 bits per heavy atom. The van der Waals surface area contributed by atoms with Gasteiger partial charge in [-0.25, -0.2) is 9.78 Å². The van der Waals surface area contributed by atoms with Gasteiger partial charge in [0.05, 0.1) is 19.8 Å². The van der Waals surface area contributed by atoms with Gasteiger partial charge in [-0.05, 0) is 47.5 Å². The van der Waals surface area contributed by atoms with Gasteiger partial charge in [-0.1, -0.05) is 47.5 Å². The molecule has 202 valence electrons. The highest BCUT2D eigenvalue weighted by molar-refractivity contribution is 6.35. The van der Waals surface area contributed by atoms with E-state index in [0.717, 1.165) is 5.56 Å². The summed E-state index contributed by atoms with van der Waals surface area (Å²) in [6.07, 6.45) is 2.70. The summed E-state index contributed by atoms with van der Waals surface area (Å²) in [5.41, 5.74) is 2.69. The molecule has 8 nitrogen and oxygen atoms in total. The first-order valence-corrected chi connectivity index (χ1v) is 12.7.